The summed E-state index contributed by atoms with van der Waals surface area (Å²) in [7, 11) is -3.46. The van der Waals surface area contributed by atoms with Crippen molar-refractivity contribution in [2.45, 2.75) is 31.6 Å². The van der Waals surface area contributed by atoms with Gasteiger partial charge in [0.05, 0.1) is 24.2 Å². The Morgan fingerprint density at radius 2 is 1.79 bits per heavy atom. The van der Waals surface area contributed by atoms with Crippen molar-refractivity contribution < 1.29 is 17.9 Å². The number of para-hydroxylation sites is 1. The van der Waals surface area contributed by atoms with Gasteiger partial charge in [-0.1, -0.05) is 19.1 Å². The molecular formula is C21H28N2O4S2. The maximum Gasteiger partial charge on any atom is 0.232 e. The smallest absolute Gasteiger partial charge is 0.232 e. The molecule has 0 aliphatic heterocycles. The summed E-state index contributed by atoms with van der Waals surface area (Å²) in [6.07, 6.45) is 1.81. The quantitative estimate of drug-likeness (QED) is 0.529. The van der Waals surface area contributed by atoms with Gasteiger partial charge in [0.15, 0.2) is 0 Å². The fourth-order valence-electron chi connectivity index (χ4n) is 2.81. The molecule has 2 aromatic carbocycles. The minimum Gasteiger partial charge on any atom is -0.494 e. The average molecular weight is 437 g/mol. The number of anilines is 2. The lowest BCUT2D eigenvalue weighted by Gasteiger charge is -2.22. The van der Waals surface area contributed by atoms with E-state index in [-0.39, 0.29) is 18.9 Å². The number of ether oxygens (including phenoxy) is 1. The summed E-state index contributed by atoms with van der Waals surface area (Å²) in [5.74, 6) is 1.47. The van der Waals surface area contributed by atoms with E-state index in [0.29, 0.717) is 24.5 Å². The van der Waals surface area contributed by atoms with E-state index in [0.717, 1.165) is 16.3 Å². The van der Waals surface area contributed by atoms with E-state index in [1.165, 1.54) is 10.6 Å². The SMILES string of the molecule is CCOc1ccc(N(CCCC(=O)Nc2ccccc2SCC)S(C)(=O)=O)cc1. The third-order valence-electron chi connectivity index (χ3n) is 4.06. The number of carbonyl (C=O) groups excluding carboxylic acids is 1. The molecule has 1 N–H and O–H groups in total. The fourth-order valence-corrected chi connectivity index (χ4v) is 4.53. The molecule has 0 atom stereocenters. The normalized spacial score (nSPS) is 11.1. The average Bonchev–Trinajstić information content (AvgIpc) is 2.67. The van der Waals surface area contributed by atoms with Crippen molar-refractivity contribution in [1.82, 2.24) is 0 Å². The van der Waals surface area contributed by atoms with Crippen LogP contribution in [0.1, 0.15) is 26.7 Å². The molecule has 1 amide bonds. The van der Waals surface area contributed by atoms with Crippen molar-refractivity contribution in [1.29, 1.82) is 0 Å². The van der Waals surface area contributed by atoms with Gasteiger partial charge in [0.25, 0.3) is 0 Å². The van der Waals surface area contributed by atoms with E-state index >= 15 is 0 Å². The van der Waals surface area contributed by atoms with Crippen molar-refractivity contribution in [3.05, 3.63) is 48.5 Å². The standard InChI is InChI=1S/C21H28N2O4S2/c1-4-27-18-14-12-17(13-15-18)23(29(3,25)26)16-8-11-21(24)22-19-9-6-7-10-20(19)28-5-2/h6-7,9-10,12-15H,4-5,8,11,16H2,1-3H3,(H,22,24). The number of benzene rings is 2. The van der Waals surface area contributed by atoms with Crippen LogP contribution in [0.5, 0.6) is 5.75 Å². The maximum atomic E-state index is 12.3. The molecule has 0 aliphatic carbocycles. The summed E-state index contributed by atoms with van der Waals surface area (Å²) in [4.78, 5) is 13.4. The second kappa shape index (κ2) is 11.1. The molecule has 158 valence electrons. The second-order valence-electron chi connectivity index (χ2n) is 6.34. The van der Waals surface area contributed by atoms with Crippen LogP contribution in [-0.4, -0.2) is 39.5 Å². The first-order valence-corrected chi connectivity index (χ1v) is 12.4. The first-order chi connectivity index (χ1) is 13.8. The molecule has 0 fully saturated rings. The van der Waals surface area contributed by atoms with Gasteiger partial charge < -0.3 is 10.1 Å². The van der Waals surface area contributed by atoms with Gasteiger partial charge in [-0.15, -0.1) is 11.8 Å². The zero-order chi connectivity index (χ0) is 21.3. The molecule has 0 bridgehead atoms. The van der Waals surface area contributed by atoms with Gasteiger partial charge in [-0.3, -0.25) is 9.10 Å². The summed E-state index contributed by atoms with van der Waals surface area (Å²) >= 11 is 1.67. The molecule has 0 spiro atoms. The Labute approximate surface area is 177 Å². The van der Waals surface area contributed by atoms with Crippen LogP contribution in [0, 0.1) is 0 Å². The minimum absolute atomic E-state index is 0.130. The zero-order valence-corrected chi connectivity index (χ0v) is 18.7. The molecule has 0 aromatic heterocycles. The van der Waals surface area contributed by atoms with Crippen LogP contribution >= 0.6 is 11.8 Å². The topological polar surface area (TPSA) is 75.7 Å². The molecule has 0 radical (unpaired) electrons. The van der Waals surface area contributed by atoms with Crippen LogP contribution in [0.25, 0.3) is 0 Å². The van der Waals surface area contributed by atoms with Gasteiger partial charge in [0.1, 0.15) is 5.75 Å². The van der Waals surface area contributed by atoms with E-state index in [4.69, 9.17) is 4.74 Å². The van der Waals surface area contributed by atoms with E-state index in [2.05, 4.69) is 12.2 Å². The van der Waals surface area contributed by atoms with Crippen LogP contribution in [0.3, 0.4) is 0 Å². The fraction of sp³-hybridized carbons (Fsp3) is 0.381. The molecule has 0 heterocycles. The summed E-state index contributed by atoms with van der Waals surface area (Å²) < 4.78 is 31.2. The van der Waals surface area contributed by atoms with Gasteiger partial charge in [-0.05, 0) is 55.5 Å². The van der Waals surface area contributed by atoms with Crippen molar-refractivity contribution in [2.24, 2.45) is 0 Å². The number of hydrogen-bond acceptors (Lipinski definition) is 5. The molecule has 6 nitrogen and oxygen atoms in total. The Balaban J connectivity index is 1.97. The third-order valence-corrected chi connectivity index (χ3v) is 6.21. The molecule has 8 heteroatoms. The molecular weight excluding hydrogens is 408 g/mol. The highest BCUT2D eigenvalue weighted by atomic mass is 32.2. The molecule has 29 heavy (non-hydrogen) atoms. The summed E-state index contributed by atoms with van der Waals surface area (Å²) in [6.45, 7) is 4.72. The first-order valence-electron chi connectivity index (χ1n) is 9.57. The zero-order valence-electron chi connectivity index (χ0n) is 17.1. The van der Waals surface area contributed by atoms with Crippen LogP contribution in [0.15, 0.2) is 53.4 Å². The van der Waals surface area contributed by atoms with E-state index < -0.39 is 10.0 Å². The van der Waals surface area contributed by atoms with Gasteiger partial charge in [-0.2, -0.15) is 0 Å². The largest absolute Gasteiger partial charge is 0.494 e. The number of rotatable bonds is 11. The number of amides is 1. The first kappa shape index (κ1) is 23.1. The number of thioether (sulfide) groups is 1. The Kier molecular flexibility index (Phi) is 8.85. The maximum absolute atomic E-state index is 12.3. The third kappa shape index (κ3) is 7.29. The predicted molar refractivity (Wildman–Crippen MR) is 121 cm³/mol. The Hall–Kier alpha value is -2.19. The number of carbonyl (C=O) groups is 1. The Bertz CT molecular complexity index is 899. The lowest BCUT2D eigenvalue weighted by molar-refractivity contribution is -0.116. The van der Waals surface area contributed by atoms with Crippen molar-refractivity contribution >= 4 is 39.1 Å². The lowest BCUT2D eigenvalue weighted by Crippen LogP contribution is -2.31. The van der Waals surface area contributed by atoms with E-state index in [1.807, 2.05) is 31.2 Å². The summed E-state index contributed by atoms with van der Waals surface area (Å²) in [6, 6.07) is 14.6. The molecule has 0 saturated carbocycles. The van der Waals surface area contributed by atoms with E-state index in [9.17, 15) is 13.2 Å². The van der Waals surface area contributed by atoms with Crippen molar-refractivity contribution in [3.63, 3.8) is 0 Å². The molecule has 0 saturated heterocycles. The minimum atomic E-state index is -3.46. The number of nitrogens with one attached hydrogen (secondary N) is 1. The Morgan fingerprint density at radius 3 is 2.41 bits per heavy atom. The lowest BCUT2D eigenvalue weighted by atomic mass is 10.2. The van der Waals surface area contributed by atoms with Gasteiger partial charge in [0.2, 0.25) is 15.9 Å². The Morgan fingerprint density at radius 1 is 1.10 bits per heavy atom. The molecule has 2 aromatic rings. The van der Waals surface area contributed by atoms with Crippen LogP contribution in [0.2, 0.25) is 0 Å². The second-order valence-corrected chi connectivity index (χ2v) is 9.56. The van der Waals surface area contributed by atoms with Crippen LogP contribution in [-0.2, 0) is 14.8 Å². The van der Waals surface area contributed by atoms with Crippen molar-refractivity contribution in [2.75, 3.05) is 34.8 Å². The number of hydrogen-bond donors (Lipinski definition) is 1. The molecule has 2 rings (SSSR count). The highest BCUT2D eigenvalue weighted by Gasteiger charge is 2.18. The van der Waals surface area contributed by atoms with Crippen molar-refractivity contribution in [3.8, 4) is 5.75 Å². The van der Waals surface area contributed by atoms with E-state index in [1.54, 1.807) is 36.0 Å². The highest BCUT2D eigenvalue weighted by molar-refractivity contribution is 7.99. The summed E-state index contributed by atoms with van der Waals surface area (Å²) in [5.41, 5.74) is 1.34. The van der Waals surface area contributed by atoms with Crippen LogP contribution < -0.4 is 14.4 Å². The highest BCUT2D eigenvalue weighted by Crippen LogP contribution is 2.27. The molecule has 0 unspecified atom stereocenters. The number of nitrogens with zero attached hydrogens (tertiary/aromatic N) is 1. The molecule has 0 aliphatic rings. The number of sulfonamides is 1. The van der Waals surface area contributed by atoms with Gasteiger partial charge in [0, 0.05) is 17.9 Å². The van der Waals surface area contributed by atoms with Gasteiger partial charge in [-0.25, -0.2) is 8.42 Å². The van der Waals surface area contributed by atoms with Gasteiger partial charge >= 0.3 is 0 Å². The summed E-state index contributed by atoms with van der Waals surface area (Å²) in [5, 5.41) is 2.92. The van der Waals surface area contributed by atoms with Crippen LogP contribution in [0.4, 0.5) is 11.4 Å². The predicted octanol–water partition coefficient (Wildman–Crippen LogP) is 4.38. The monoisotopic (exact) mass is 436 g/mol.